The molecule has 1 unspecified atom stereocenters. The second-order valence-corrected chi connectivity index (χ2v) is 4.68. The lowest BCUT2D eigenvalue weighted by molar-refractivity contribution is 0.509. The molecule has 14 heavy (non-hydrogen) atoms. The number of alkyl halides is 1. The van der Waals surface area contributed by atoms with Crippen LogP contribution in [0, 0.1) is 6.92 Å². The van der Waals surface area contributed by atoms with Gasteiger partial charge in [0.2, 0.25) is 5.89 Å². The maximum Gasteiger partial charge on any atom is 0.212 e. The molecule has 0 aromatic carbocycles. The lowest BCUT2D eigenvalue weighted by atomic mass is 10.2. The number of rotatable bonds is 2. The van der Waals surface area contributed by atoms with Crippen molar-refractivity contribution in [2.24, 2.45) is 0 Å². The first-order chi connectivity index (χ1) is 6.68. The topological polar surface area (TPSA) is 26.0 Å². The molecular weight excluding hydrogens is 218 g/mol. The maximum absolute atomic E-state index is 5.86. The average Bonchev–Trinajstić information content (AvgIpc) is 2.71. The van der Waals surface area contributed by atoms with Crippen LogP contribution in [0.2, 0.25) is 0 Å². The third-order valence-electron chi connectivity index (χ3n) is 1.95. The fourth-order valence-corrected chi connectivity index (χ4v) is 2.18. The van der Waals surface area contributed by atoms with Gasteiger partial charge in [-0.25, -0.2) is 4.98 Å². The zero-order valence-corrected chi connectivity index (χ0v) is 9.52. The first kappa shape index (κ1) is 9.74. The van der Waals surface area contributed by atoms with Gasteiger partial charge in [-0.15, -0.1) is 22.9 Å². The van der Waals surface area contributed by atoms with Crippen molar-refractivity contribution in [3.8, 4) is 10.6 Å². The predicted octanol–water partition coefficient (Wildman–Crippen LogP) is 4.01. The molecule has 0 fully saturated rings. The van der Waals surface area contributed by atoms with E-state index in [1.807, 2.05) is 12.3 Å². The molecule has 0 saturated heterocycles. The third kappa shape index (κ3) is 1.70. The third-order valence-corrected chi connectivity index (χ3v) is 3.17. The minimum atomic E-state index is -0.177. The van der Waals surface area contributed by atoms with Gasteiger partial charge in [0.1, 0.15) is 5.38 Å². The number of halogens is 1. The van der Waals surface area contributed by atoms with Crippen LogP contribution in [0.15, 0.2) is 22.1 Å². The number of oxazole rings is 1. The Morgan fingerprint density at radius 1 is 1.57 bits per heavy atom. The minimum Gasteiger partial charge on any atom is -0.438 e. The predicted molar refractivity (Wildman–Crippen MR) is 58.8 cm³/mol. The van der Waals surface area contributed by atoms with E-state index in [2.05, 4.69) is 18.0 Å². The van der Waals surface area contributed by atoms with Crippen molar-refractivity contribution in [2.75, 3.05) is 0 Å². The zero-order valence-electron chi connectivity index (χ0n) is 7.95. The van der Waals surface area contributed by atoms with Gasteiger partial charge in [-0.1, -0.05) is 0 Å². The normalized spacial score (nSPS) is 13.1. The molecule has 0 spiro atoms. The highest BCUT2D eigenvalue weighted by Gasteiger charge is 2.12. The largest absolute Gasteiger partial charge is 0.438 e. The molecule has 0 aliphatic heterocycles. The van der Waals surface area contributed by atoms with E-state index < -0.39 is 0 Å². The molecule has 2 nitrogen and oxygen atoms in total. The summed E-state index contributed by atoms with van der Waals surface area (Å²) >= 11 is 7.52. The highest BCUT2D eigenvalue weighted by atomic mass is 35.5. The quantitative estimate of drug-likeness (QED) is 0.725. The number of thiophene rings is 1. The number of aryl methyl sites for hydroxylation is 1. The molecule has 0 aliphatic rings. The Morgan fingerprint density at radius 2 is 2.36 bits per heavy atom. The fraction of sp³-hybridized carbons (Fsp3) is 0.300. The molecule has 0 aliphatic carbocycles. The monoisotopic (exact) mass is 227 g/mol. The van der Waals surface area contributed by atoms with Gasteiger partial charge in [0, 0.05) is 0 Å². The molecule has 0 radical (unpaired) electrons. The van der Waals surface area contributed by atoms with Gasteiger partial charge in [0.05, 0.1) is 11.1 Å². The van der Waals surface area contributed by atoms with Crippen molar-refractivity contribution < 1.29 is 4.42 Å². The Hall–Kier alpha value is -0.800. The van der Waals surface area contributed by atoms with Crippen LogP contribution < -0.4 is 0 Å². The van der Waals surface area contributed by atoms with Crippen LogP contribution in [0.4, 0.5) is 0 Å². The van der Waals surface area contributed by atoms with Gasteiger partial charge < -0.3 is 4.42 Å². The zero-order chi connectivity index (χ0) is 10.1. The maximum atomic E-state index is 5.86. The van der Waals surface area contributed by atoms with Crippen molar-refractivity contribution in [2.45, 2.75) is 19.2 Å². The second kappa shape index (κ2) is 3.75. The molecule has 0 amide bonds. The van der Waals surface area contributed by atoms with Gasteiger partial charge in [-0.05, 0) is 30.9 Å². The first-order valence-corrected chi connectivity index (χ1v) is 5.64. The van der Waals surface area contributed by atoms with Gasteiger partial charge in [-0.2, -0.15) is 0 Å². The Kier molecular flexibility index (Phi) is 2.61. The van der Waals surface area contributed by atoms with E-state index in [1.165, 1.54) is 5.56 Å². The number of aromatic nitrogens is 1. The van der Waals surface area contributed by atoms with Gasteiger partial charge >= 0.3 is 0 Å². The highest BCUT2D eigenvalue weighted by molar-refractivity contribution is 7.13. The summed E-state index contributed by atoms with van der Waals surface area (Å²) in [6, 6.07) is 2.06. The molecule has 2 aromatic heterocycles. The van der Waals surface area contributed by atoms with Crippen LogP contribution in [-0.2, 0) is 0 Å². The molecule has 0 bridgehead atoms. The lowest BCUT2D eigenvalue weighted by Crippen LogP contribution is -1.80. The molecular formula is C10H10ClNOS. The first-order valence-electron chi connectivity index (χ1n) is 4.32. The van der Waals surface area contributed by atoms with Crippen LogP contribution in [0.25, 0.3) is 10.6 Å². The summed E-state index contributed by atoms with van der Waals surface area (Å²) in [7, 11) is 0. The molecule has 1 atom stereocenters. The standard InChI is InChI=1S/C10H10ClNOS/c1-6-3-4-14-9(6)8-5-12-10(13-8)7(2)11/h3-5,7H,1-2H3. The summed E-state index contributed by atoms with van der Waals surface area (Å²) in [5.41, 5.74) is 1.21. The molecule has 4 heteroatoms. The number of hydrogen-bond donors (Lipinski definition) is 0. The summed E-state index contributed by atoms with van der Waals surface area (Å²) in [6.45, 7) is 3.90. The summed E-state index contributed by atoms with van der Waals surface area (Å²) in [4.78, 5) is 5.25. The van der Waals surface area contributed by atoms with E-state index >= 15 is 0 Å². The SMILES string of the molecule is Cc1ccsc1-c1cnc(C(C)Cl)o1. The van der Waals surface area contributed by atoms with E-state index in [0.717, 1.165) is 10.6 Å². The number of nitrogens with zero attached hydrogens (tertiary/aromatic N) is 1. The lowest BCUT2D eigenvalue weighted by Gasteiger charge is -1.95. The van der Waals surface area contributed by atoms with Crippen molar-refractivity contribution in [3.05, 3.63) is 29.1 Å². The molecule has 2 rings (SSSR count). The highest BCUT2D eigenvalue weighted by Crippen LogP contribution is 2.31. The van der Waals surface area contributed by atoms with E-state index in [1.54, 1.807) is 17.5 Å². The van der Waals surface area contributed by atoms with Crippen molar-refractivity contribution in [3.63, 3.8) is 0 Å². The summed E-state index contributed by atoms with van der Waals surface area (Å²) in [5.74, 6) is 1.38. The summed E-state index contributed by atoms with van der Waals surface area (Å²) in [5, 5.41) is 1.86. The fourth-order valence-electron chi connectivity index (χ4n) is 1.20. The van der Waals surface area contributed by atoms with E-state index in [0.29, 0.717) is 5.89 Å². The molecule has 2 aromatic rings. The Morgan fingerprint density at radius 3 is 2.86 bits per heavy atom. The van der Waals surface area contributed by atoms with Crippen LogP contribution in [0.3, 0.4) is 0 Å². The van der Waals surface area contributed by atoms with Gasteiger partial charge in [0.15, 0.2) is 5.76 Å². The minimum absolute atomic E-state index is 0.177. The Labute approximate surface area is 91.5 Å². The van der Waals surface area contributed by atoms with Gasteiger partial charge in [-0.3, -0.25) is 0 Å². The Bertz CT molecular complexity index is 433. The smallest absolute Gasteiger partial charge is 0.212 e. The summed E-state index contributed by atoms with van der Waals surface area (Å²) < 4.78 is 5.54. The van der Waals surface area contributed by atoms with Crippen LogP contribution >= 0.6 is 22.9 Å². The molecule has 74 valence electrons. The van der Waals surface area contributed by atoms with Crippen LogP contribution in [-0.4, -0.2) is 4.98 Å². The molecule has 2 heterocycles. The average molecular weight is 228 g/mol. The van der Waals surface area contributed by atoms with Crippen LogP contribution in [0.1, 0.15) is 23.8 Å². The van der Waals surface area contributed by atoms with Gasteiger partial charge in [0.25, 0.3) is 0 Å². The molecule has 0 N–H and O–H groups in total. The summed E-state index contributed by atoms with van der Waals surface area (Å²) in [6.07, 6.45) is 1.73. The van der Waals surface area contributed by atoms with E-state index in [9.17, 15) is 0 Å². The number of hydrogen-bond acceptors (Lipinski definition) is 3. The van der Waals surface area contributed by atoms with Crippen molar-refractivity contribution in [1.29, 1.82) is 0 Å². The van der Waals surface area contributed by atoms with E-state index in [4.69, 9.17) is 16.0 Å². The Balaban J connectivity index is 2.39. The van der Waals surface area contributed by atoms with E-state index in [-0.39, 0.29) is 5.38 Å². The molecule has 0 saturated carbocycles. The van der Waals surface area contributed by atoms with Crippen molar-refractivity contribution >= 4 is 22.9 Å². The van der Waals surface area contributed by atoms with Crippen LogP contribution in [0.5, 0.6) is 0 Å². The second-order valence-electron chi connectivity index (χ2n) is 3.11. The van der Waals surface area contributed by atoms with Crippen molar-refractivity contribution in [1.82, 2.24) is 4.98 Å².